The van der Waals surface area contributed by atoms with Gasteiger partial charge in [0.15, 0.2) is 0 Å². The maximum Gasteiger partial charge on any atom is 0.238 e. The van der Waals surface area contributed by atoms with E-state index in [9.17, 15) is 27.1 Å². The summed E-state index contributed by atoms with van der Waals surface area (Å²) in [5, 5.41) is 18.8. The number of rotatable bonds is 8. The Morgan fingerprint density at radius 3 is 2.60 bits per heavy atom. The van der Waals surface area contributed by atoms with Gasteiger partial charge in [0, 0.05) is 34.9 Å². The molecule has 0 aliphatic carbocycles. The van der Waals surface area contributed by atoms with Crippen molar-refractivity contribution in [2.45, 2.75) is 23.8 Å². The average molecular weight is 564 g/mol. The molecule has 2 aromatic heterocycles. The van der Waals surface area contributed by atoms with Gasteiger partial charge in [-0.25, -0.2) is 32.3 Å². The first-order valence-electron chi connectivity index (χ1n) is 12.0. The lowest BCUT2D eigenvalue weighted by molar-refractivity contribution is -0.121. The molecule has 5 N–H and O–H groups in total. The Morgan fingerprint density at radius 1 is 1.07 bits per heavy atom. The third-order valence-electron chi connectivity index (χ3n) is 6.35. The van der Waals surface area contributed by atoms with Crippen LogP contribution < -0.4 is 10.5 Å². The number of carbonyl (C=O) groups is 1. The predicted octanol–water partition coefficient (Wildman–Crippen LogP) is 3.90. The van der Waals surface area contributed by atoms with E-state index in [4.69, 9.17) is 5.14 Å². The van der Waals surface area contributed by atoms with Gasteiger partial charge in [0.1, 0.15) is 23.7 Å². The zero-order valence-electron chi connectivity index (χ0n) is 20.8. The van der Waals surface area contributed by atoms with Crippen LogP contribution in [-0.2, 0) is 27.7 Å². The molecule has 0 fully saturated rings. The maximum atomic E-state index is 14.0. The Labute approximate surface area is 227 Å². The molecule has 12 heteroatoms. The number of hydrogen-bond donors (Lipinski definition) is 4. The van der Waals surface area contributed by atoms with Gasteiger partial charge in [0.05, 0.1) is 23.1 Å². The zero-order chi connectivity index (χ0) is 28.4. The minimum atomic E-state index is -4.01. The number of nitrogens with one attached hydrogen (secondary N) is 2. The molecule has 0 radical (unpaired) electrons. The molecule has 9 nitrogen and oxygen atoms in total. The summed E-state index contributed by atoms with van der Waals surface area (Å²) < 4.78 is 52.0. The number of phenols is 1. The fourth-order valence-electron chi connectivity index (χ4n) is 4.59. The predicted molar refractivity (Wildman–Crippen MR) is 143 cm³/mol. The van der Waals surface area contributed by atoms with Crippen molar-refractivity contribution in [2.75, 3.05) is 0 Å². The van der Waals surface area contributed by atoms with Crippen LogP contribution in [0.2, 0.25) is 0 Å². The fourth-order valence-corrected chi connectivity index (χ4v) is 5.15. The number of aromatic amines is 1. The normalized spacial score (nSPS) is 12.4. The van der Waals surface area contributed by atoms with Crippen molar-refractivity contribution < 1.29 is 27.1 Å². The van der Waals surface area contributed by atoms with Crippen molar-refractivity contribution in [3.8, 4) is 16.9 Å². The third-order valence-corrected chi connectivity index (χ3v) is 7.26. The summed E-state index contributed by atoms with van der Waals surface area (Å²) in [5.41, 5.74) is 2.74. The van der Waals surface area contributed by atoms with Gasteiger partial charge in [0.25, 0.3) is 0 Å². The number of fused-ring (bicyclic) bond motifs is 1. The van der Waals surface area contributed by atoms with E-state index in [2.05, 4.69) is 20.3 Å². The number of carbonyl (C=O) groups excluding carboxylic acids is 1. The summed E-state index contributed by atoms with van der Waals surface area (Å²) in [7, 11) is -4.01. The fraction of sp³-hybridized carbons (Fsp3) is 0.107. The Bertz CT molecular complexity index is 1820. The largest absolute Gasteiger partial charge is 0.508 e. The molecule has 0 aliphatic heterocycles. The van der Waals surface area contributed by atoms with Crippen LogP contribution in [-0.4, -0.2) is 34.4 Å². The van der Waals surface area contributed by atoms with Gasteiger partial charge in [-0.2, -0.15) is 0 Å². The smallest absolute Gasteiger partial charge is 0.238 e. The highest BCUT2D eigenvalue weighted by Crippen LogP contribution is 2.30. The van der Waals surface area contributed by atoms with Gasteiger partial charge in [-0.05, 0) is 65.6 Å². The van der Waals surface area contributed by atoms with E-state index in [0.29, 0.717) is 27.8 Å². The Morgan fingerprint density at radius 2 is 1.85 bits per heavy atom. The number of halogens is 2. The first-order chi connectivity index (χ1) is 19.1. The molecule has 0 spiro atoms. The van der Waals surface area contributed by atoms with Crippen LogP contribution in [0, 0.1) is 11.6 Å². The molecule has 0 saturated heterocycles. The minimum absolute atomic E-state index is 0.0337. The van der Waals surface area contributed by atoms with Gasteiger partial charge in [-0.3, -0.25) is 4.79 Å². The number of amides is 1. The molecule has 5 aromatic rings. The van der Waals surface area contributed by atoms with Crippen LogP contribution in [0.15, 0.2) is 84.3 Å². The van der Waals surface area contributed by atoms with Gasteiger partial charge in [-0.1, -0.05) is 12.1 Å². The number of nitrogens with two attached hydrogens (primary N) is 1. The quantitative estimate of drug-likeness (QED) is 0.225. The van der Waals surface area contributed by atoms with E-state index in [-0.39, 0.29) is 29.1 Å². The number of benzene rings is 3. The summed E-state index contributed by atoms with van der Waals surface area (Å²) in [6, 6.07) is 12.8. The van der Waals surface area contributed by atoms with Crippen LogP contribution in [0.5, 0.6) is 5.75 Å². The Kier molecular flexibility index (Phi) is 7.28. The van der Waals surface area contributed by atoms with Crippen LogP contribution in [0.3, 0.4) is 0 Å². The molecule has 0 saturated carbocycles. The van der Waals surface area contributed by atoms with E-state index in [1.807, 2.05) is 0 Å². The highest BCUT2D eigenvalue weighted by atomic mass is 32.2. The van der Waals surface area contributed by atoms with Crippen LogP contribution in [0.25, 0.3) is 22.0 Å². The van der Waals surface area contributed by atoms with Crippen molar-refractivity contribution in [1.82, 2.24) is 20.3 Å². The standard InChI is InChI=1S/C28H23F2N5O4S/c29-19-6-16(7-20(30)11-19)8-26(35-27(37)10-18-13-33-25-5-4-21(36)12-23(18)25)28-24(14-32-15-34-28)17-2-1-3-22(9-17)40(31,38)39/h1-7,9,11-15,26,33,36H,8,10H2,(H,35,37)(H2,31,38,39)/t26-/m0/s1. The van der Waals surface area contributed by atoms with Gasteiger partial charge in [0.2, 0.25) is 15.9 Å². The minimum Gasteiger partial charge on any atom is -0.508 e. The zero-order valence-corrected chi connectivity index (χ0v) is 21.6. The van der Waals surface area contributed by atoms with E-state index >= 15 is 0 Å². The Balaban J connectivity index is 1.53. The summed E-state index contributed by atoms with van der Waals surface area (Å²) in [6.07, 6.45) is 4.27. The number of sulfonamides is 1. The lowest BCUT2D eigenvalue weighted by Crippen LogP contribution is -2.32. The third kappa shape index (κ3) is 5.98. The number of phenolic OH excluding ortho intramolecular Hbond substituents is 1. The molecule has 40 heavy (non-hydrogen) atoms. The summed E-state index contributed by atoms with van der Waals surface area (Å²) in [5.74, 6) is -1.93. The highest BCUT2D eigenvalue weighted by Gasteiger charge is 2.23. The molecule has 1 atom stereocenters. The highest BCUT2D eigenvalue weighted by molar-refractivity contribution is 7.89. The van der Waals surface area contributed by atoms with Gasteiger partial charge >= 0.3 is 0 Å². The lowest BCUT2D eigenvalue weighted by Gasteiger charge is -2.21. The number of H-pyrrole nitrogens is 1. The molecule has 5 rings (SSSR count). The van der Waals surface area contributed by atoms with Crippen molar-refractivity contribution >= 4 is 26.8 Å². The van der Waals surface area contributed by atoms with Crippen molar-refractivity contribution in [2.24, 2.45) is 5.14 Å². The number of aromatic nitrogens is 3. The monoisotopic (exact) mass is 563 g/mol. The van der Waals surface area contributed by atoms with E-state index in [1.165, 1.54) is 36.8 Å². The molecule has 1 amide bonds. The molecule has 3 aromatic carbocycles. The molecule has 0 bridgehead atoms. The Hall–Kier alpha value is -4.68. The van der Waals surface area contributed by atoms with Gasteiger partial charge < -0.3 is 15.4 Å². The summed E-state index contributed by atoms with van der Waals surface area (Å²) >= 11 is 0. The van der Waals surface area contributed by atoms with E-state index in [1.54, 1.807) is 24.4 Å². The number of primary sulfonamides is 1. The van der Waals surface area contributed by atoms with Crippen molar-refractivity contribution in [3.05, 3.63) is 108 Å². The molecule has 0 aliphatic rings. The van der Waals surface area contributed by atoms with E-state index < -0.39 is 33.6 Å². The molecular weight excluding hydrogens is 540 g/mol. The molecular formula is C28H23F2N5O4S. The second kappa shape index (κ2) is 10.8. The molecule has 2 heterocycles. The van der Waals surface area contributed by atoms with Crippen molar-refractivity contribution in [1.29, 1.82) is 0 Å². The maximum absolute atomic E-state index is 14.0. The van der Waals surface area contributed by atoms with E-state index in [0.717, 1.165) is 23.7 Å². The number of hydrogen-bond acceptors (Lipinski definition) is 6. The number of nitrogens with zero attached hydrogens (tertiary/aromatic N) is 2. The van der Waals surface area contributed by atoms with Crippen LogP contribution in [0.1, 0.15) is 22.9 Å². The van der Waals surface area contributed by atoms with Gasteiger partial charge in [-0.15, -0.1) is 0 Å². The second-order valence-electron chi connectivity index (χ2n) is 9.22. The average Bonchev–Trinajstić information content (AvgIpc) is 3.28. The summed E-state index contributed by atoms with van der Waals surface area (Å²) in [4.78, 5) is 24.7. The molecule has 0 unspecified atom stereocenters. The van der Waals surface area contributed by atoms with Crippen molar-refractivity contribution in [3.63, 3.8) is 0 Å². The SMILES string of the molecule is NS(=O)(=O)c1cccc(-c2cncnc2[C@H](Cc2cc(F)cc(F)c2)NC(=O)Cc2c[nH]c3ccc(O)cc23)c1. The van der Waals surface area contributed by atoms with Crippen LogP contribution in [0.4, 0.5) is 8.78 Å². The topological polar surface area (TPSA) is 151 Å². The van der Waals surface area contributed by atoms with Crippen LogP contribution >= 0.6 is 0 Å². The number of aromatic hydroxyl groups is 1. The summed E-state index contributed by atoms with van der Waals surface area (Å²) in [6.45, 7) is 0. The second-order valence-corrected chi connectivity index (χ2v) is 10.8. The molecule has 204 valence electrons. The lowest BCUT2D eigenvalue weighted by atomic mass is 9.96. The first kappa shape index (κ1) is 26.9. The first-order valence-corrected chi connectivity index (χ1v) is 13.6.